The summed E-state index contributed by atoms with van der Waals surface area (Å²) in [6.07, 6.45) is 2.85. The number of benzene rings is 1. The number of carbonyl (C=O) groups excluding carboxylic acids is 1. The van der Waals surface area contributed by atoms with E-state index in [1.807, 2.05) is 30.3 Å². The number of hydrogen-bond acceptors (Lipinski definition) is 5. The molecule has 1 fully saturated rings. The van der Waals surface area contributed by atoms with Crippen LogP contribution in [0.2, 0.25) is 0 Å². The van der Waals surface area contributed by atoms with Gasteiger partial charge in [0, 0.05) is 6.54 Å². The van der Waals surface area contributed by atoms with Crippen molar-refractivity contribution >= 4 is 17.8 Å². The Balaban J connectivity index is 2.26. The van der Waals surface area contributed by atoms with Gasteiger partial charge in [-0.15, -0.1) is 0 Å². The van der Waals surface area contributed by atoms with Crippen LogP contribution in [0.1, 0.15) is 44.1 Å². The molecule has 29 heavy (non-hydrogen) atoms. The van der Waals surface area contributed by atoms with Crippen molar-refractivity contribution in [1.82, 2.24) is 4.90 Å². The molecule has 0 radical (unpaired) electrons. The second-order valence-corrected chi connectivity index (χ2v) is 7.63. The number of likely N-dealkylation sites (tertiary alicyclic amines) is 1. The van der Waals surface area contributed by atoms with Gasteiger partial charge in [0.2, 0.25) is 5.91 Å². The first kappa shape index (κ1) is 22.8. The Labute approximate surface area is 170 Å². The monoisotopic (exact) mass is 405 g/mol. The Hall–Kier alpha value is -2.45. The van der Waals surface area contributed by atoms with Gasteiger partial charge in [0.1, 0.15) is 0 Å². The SMILES string of the molecule is NCCCCC(N)C(=O)N1CCCC1(C(=O)O)C(CCc1ccccc1)C(=O)O. The first-order valence-corrected chi connectivity index (χ1v) is 10.1. The third kappa shape index (κ3) is 5.13. The van der Waals surface area contributed by atoms with Crippen LogP contribution in [-0.2, 0) is 20.8 Å². The highest BCUT2D eigenvalue weighted by atomic mass is 16.4. The minimum Gasteiger partial charge on any atom is -0.481 e. The summed E-state index contributed by atoms with van der Waals surface area (Å²) in [6, 6.07) is 8.45. The Bertz CT molecular complexity index is 712. The fourth-order valence-electron chi connectivity index (χ4n) is 4.24. The van der Waals surface area contributed by atoms with E-state index in [1.54, 1.807) is 0 Å². The molecule has 1 aromatic rings. The minimum absolute atomic E-state index is 0.106. The predicted octanol–water partition coefficient (Wildman–Crippen LogP) is 1.22. The van der Waals surface area contributed by atoms with Crippen LogP contribution in [0, 0.1) is 5.92 Å². The standard InChI is InChI=1S/C21H31N3O5/c22-13-5-4-9-17(23)18(25)24-14-6-12-21(24,20(28)29)16(19(26)27)11-10-15-7-2-1-3-8-15/h1-3,7-8,16-17H,4-6,9-14,22-23H2,(H,26,27)(H,28,29). The second kappa shape index (κ2) is 10.4. The summed E-state index contributed by atoms with van der Waals surface area (Å²) in [4.78, 5) is 38.7. The lowest BCUT2D eigenvalue weighted by atomic mass is 9.77. The van der Waals surface area contributed by atoms with Crippen molar-refractivity contribution in [3.05, 3.63) is 35.9 Å². The van der Waals surface area contributed by atoms with Gasteiger partial charge < -0.3 is 26.6 Å². The molecule has 0 aliphatic carbocycles. The van der Waals surface area contributed by atoms with Gasteiger partial charge in [0.15, 0.2) is 5.54 Å². The van der Waals surface area contributed by atoms with E-state index in [1.165, 1.54) is 4.90 Å². The average molecular weight is 405 g/mol. The van der Waals surface area contributed by atoms with Crippen molar-refractivity contribution < 1.29 is 24.6 Å². The molecule has 3 unspecified atom stereocenters. The van der Waals surface area contributed by atoms with Gasteiger partial charge in [-0.1, -0.05) is 36.8 Å². The lowest BCUT2D eigenvalue weighted by molar-refractivity contribution is -0.168. The van der Waals surface area contributed by atoms with Crippen molar-refractivity contribution in [2.24, 2.45) is 17.4 Å². The van der Waals surface area contributed by atoms with Gasteiger partial charge in [-0.05, 0) is 50.6 Å². The number of hydrogen-bond donors (Lipinski definition) is 4. The fourth-order valence-corrected chi connectivity index (χ4v) is 4.24. The van der Waals surface area contributed by atoms with Crippen molar-refractivity contribution in [2.45, 2.75) is 56.5 Å². The van der Waals surface area contributed by atoms with Crippen LogP contribution in [0.5, 0.6) is 0 Å². The lowest BCUT2D eigenvalue weighted by Crippen LogP contribution is -2.62. The summed E-state index contributed by atoms with van der Waals surface area (Å²) >= 11 is 0. The van der Waals surface area contributed by atoms with Gasteiger partial charge in [-0.3, -0.25) is 9.59 Å². The number of carboxylic acid groups (broad SMARTS) is 2. The van der Waals surface area contributed by atoms with E-state index >= 15 is 0 Å². The topological polar surface area (TPSA) is 147 Å². The molecule has 8 nitrogen and oxygen atoms in total. The Morgan fingerprint density at radius 2 is 1.79 bits per heavy atom. The molecule has 1 heterocycles. The number of carboxylic acids is 2. The molecule has 1 aromatic carbocycles. The van der Waals surface area contributed by atoms with Crippen molar-refractivity contribution in [3.63, 3.8) is 0 Å². The van der Waals surface area contributed by atoms with Crippen LogP contribution in [0.4, 0.5) is 0 Å². The van der Waals surface area contributed by atoms with Crippen LogP contribution >= 0.6 is 0 Å². The Morgan fingerprint density at radius 3 is 2.38 bits per heavy atom. The fraction of sp³-hybridized carbons (Fsp3) is 0.571. The maximum atomic E-state index is 13.0. The number of nitrogens with zero attached hydrogens (tertiary/aromatic N) is 1. The van der Waals surface area contributed by atoms with E-state index in [0.717, 1.165) is 12.0 Å². The Kier molecular flexibility index (Phi) is 8.16. The van der Waals surface area contributed by atoms with E-state index in [2.05, 4.69) is 0 Å². The second-order valence-electron chi connectivity index (χ2n) is 7.63. The molecule has 1 aliphatic rings. The summed E-state index contributed by atoms with van der Waals surface area (Å²) < 4.78 is 0. The summed E-state index contributed by atoms with van der Waals surface area (Å²) in [7, 11) is 0. The zero-order valence-corrected chi connectivity index (χ0v) is 16.6. The first-order chi connectivity index (χ1) is 13.8. The number of amides is 1. The van der Waals surface area contributed by atoms with Crippen LogP contribution in [-0.4, -0.2) is 57.6 Å². The van der Waals surface area contributed by atoms with E-state index in [9.17, 15) is 24.6 Å². The highest BCUT2D eigenvalue weighted by molar-refractivity contribution is 5.94. The van der Waals surface area contributed by atoms with Gasteiger partial charge >= 0.3 is 11.9 Å². The van der Waals surface area contributed by atoms with E-state index in [0.29, 0.717) is 32.2 Å². The third-order valence-corrected chi connectivity index (χ3v) is 5.78. The van der Waals surface area contributed by atoms with Crippen molar-refractivity contribution in [3.8, 4) is 0 Å². The first-order valence-electron chi connectivity index (χ1n) is 10.1. The molecular weight excluding hydrogens is 374 g/mol. The molecule has 2 rings (SSSR count). The average Bonchev–Trinajstić information content (AvgIpc) is 3.14. The number of aliphatic carboxylic acids is 2. The normalized spacial score (nSPS) is 21.0. The molecule has 8 heteroatoms. The molecule has 3 atom stereocenters. The summed E-state index contributed by atoms with van der Waals surface area (Å²) in [5.41, 5.74) is 10.6. The molecular formula is C21H31N3O5. The molecule has 1 saturated heterocycles. The Morgan fingerprint density at radius 1 is 1.10 bits per heavy atom. The maximum Gasteiger partial charge on any atom is 0.330 e. The van der Waals surface area contributed by atoms with E-state index in [-0.39, 0.29) is 19.4 Å². The third-order valence-electron chi connectivity index (χ3n) is 5.78. The quantitative estimate of drug-likeness (QED) is 0.405. The summed E-state index contributed by atoms with van der Waals surface area (Å²) in [6.45, 7) is 0.690. The molecule has 160 valence electrons. The zero-order chi connectivity index (χ0) is 21.4. The van der Waals surface area contributed by atoms with Crippen molar-refractivity contribution in [2.75, 3.05) is 13.1 Å². The number of aryl methyl sites for hydroxylation is 1. The van der Waals surface area contributed by atoms with Crippen LogP contribution in [0.15, 0.2) is 30.3 Å². The molecule has 0 saturated carbocycles. The van der Waals surface area contributed by atoms with E-state index < -0.39 is 35.3 Å². The molecule has 1 aliphatic heterocycles. The number of rotatable bonds is 11. The van der Waals surface area contributed by atoms with Crippen LogP contribution in [0.25, 0.3) is 0 Å². The van der Waals surface area contributed by atoms with Gasteiger partial charge in [-0.2, -0.15) is 0 Å². The number of unbranched alkanes of at least 4 members (excludes halogenated alkanes) is 1. The number of carbonyl (C=O) groups is 3. The highest BCUT2D eigenvalue weighted by Crippen LogP contribution is 2.39. The lowest BCUT2D eigenvalue weighted by Gasteiger charge is -2.40. The summed E-state index contributed by atoms with van der Waals surface area (Å²) in [5, 5.41) is 20.0. The highest BCUT2D eigenvalue weighted by Gasteiger charge is 2.58. The molecule has 1 amide bonds. The number of nitrogens with two attached hydrogens (primary N) is 2. The maximum absolute atomic E-state index is 13.0. The zero-order valence-electron chi connectivity index (χ0n) is 16.6. The van der Waals surface area contributed by atoms with Gasteiger partial charge in [-0.25, -0.2) is 4.79 Å². The van der Waals surface area contributed by atoms with Crippen LogP contribution in [0.3, 0.4) is 0 Å². The van der Waals surface area contributed by atoms with Gasteiger partial charge in [0.05, 0.1) is 12.0 Å². The van der Waals surface area contributed by atoms with Crippen molar-refractivity contribution in [1.29, 1.82) is 0 Å². The minimum atomic E-state index is -1.77. The smallest absolute Gasteiger partial charge is 0.330 e. The predicted molar refractivity (Wildman–Crippen MR) is 108 cm³/mol. The van der Waals surface area contributed by atoms with E-state index in [4.69, 9.17) is 11.5 Å². The molecule has 6 N–H and O–H groups in total. The van der Waals surface area contributed by atoms with Gasteiger partial charge in [0.25, 0.3) is 0 Å². The largest absolute Gasteiger partial charge is 0.481 e. The molecule has 0 bridgehead atoms. The molecule has 0 aromatic heterocycles. The van der Waals surface area contributed by atoms with Crippen LogP contribution < -0.4 is 11.5 Å². The summed E-state index contributed by atoms with van der Waals surface area (Å²) in [5.74, 6) is -4.20. The molecule has 0 spiro atoms.